The molecule has 6 heteroatoms. The van der Waals surface area contributed by atoms with Gasteiger partial charge in [0.25, 0.3) is 0 Å². The SMILES string of the molecule is CCc1c(OC)cccc1OP(=O)(OC)OC. The van der Waals surface area contributed by atoms with Gasteiger partial charge in [0.1, 0.15) is 11.5 Å². The second-order valence-corrected chi connectivity index (χ2v) is 5.00. The molecule has 0 bridgehead atoms. The van der Waals surface area contributed by atoms with Gasteiger partial charge in [-0.25, -0.2) is 4.57 Å². The molecule has 96 valence electrons. The van der Waals surface area contributed by atoms with E-state index in [0.717, 1.165) is 5.56 Å². The van der Waals surface area contributed by atoms with E-state index in [1.807, 2.05) is 13.0 Å². The number of benzene rings is 1. The van der Waals surface area contributed by atoms with Crippen LogP contribution < -0.4 is 9.26 Å². The van der Waals surface area contributed by atoms with Gasteiger partial charge in [0, 0.05) is 19.8 Å². The zero-order valence-electron chi connectivity index (χ0n) is 10.4. The van der Waals surface area contributed by atoms with Crippen molar-refractivity contribution in [3.63, 3.8) is 0 Å². The fraction of sp³-hybridized carbons (Fsp3) is 0.455. The smallest absolute Gasteiger partial charge is 0.496 e. The molecule has 0 aliphatic heterocycles. The molecule has 0 saturated carbocycles. The topological polar surface area (TPSA) is 54.0 Å². The number of methoxy groups -OCH3 is 1. The van der Waals surface area contributed by atoms with Gasteiger partial charge in [-0.2, -0.15) is 0 Å². The van der Waals surface area contributed by atoms with E-state index in [4.69, 9.17) is 18.3 Å². The quantitative estimate of drug-likeness (QED) is 0.736. The van der Waals surface area contributed by atoms with Crippen molar-refractivity contribution in [1.29, 1.82) is 0 Å². The second-order valence-electron chi connectivity index (χ2n) is 3.19. The maximum atomic E-state index is 11.9. The number of phosphoric acid groups is 1. The second kappa shape index (κ2) is 6.05. The number of hydrogen-bond acceptors (Lipinski definition) is 5. The van der Waals surface area contributed by atoms with Gasteiger partial charge in [-0.15, -0.1) is 0 Å². The van der Waals surface area contributed by atoms with Gasteiger partial charge in [-0.3, -0.25) is 9.05 Å². The van der Waals surface area contributed by atoms with E-state index >= 15 is 0 Å². The van der Waals surface area contributed by atoms with Gasteiger partial charge in [-0.05, 0) is 18.6 Å². The van der Waals surface area contributed by atoms with Crippen molar-refractivity contribution in [2.24, 2.45) is 0 Å². The summed E-state index contributed by atoms with van der Waals surface area (Å²) in [6.07, 6.45) is 0.687. The molecule has 1 aromatic carbocycles. The summed E-state index contributed by atoms with van der Waals surface area (Å²) in [5.41, 5.74) is 0.823. The summed E-state index contributed by atoms with van der Waals surface area (Å²) in [4.78, 5) is 0. The van der Waals surface area contributed by atoms with Crippen LogP contribution in [0.3, 0.4) is 0 Å². The first-order valence-electron chi connectivity index (χ1n) is 5.17. The van der Waals surface area contributed by atoms with Crippen molar-refractivity contribution >= 4 is 7.82 Å². The predicted molar refractivity (Wildman–Crippen MR) is 64.6 cm³/mol. The molecule has 0 aromatic heterocycles. The number of rotatable bonds is 6. The molecular weight excluding hydrogens is 243 g/mol. The molecular formula is C11H17O5P. The fourth-order valence-corrected chi connectivity index (χ4v) is 2.15. The lowest BCUT2D eigenvalue weighted by Gasteiger charge is -2.17. The van der Waals surface area contributed by atoms with Crippen LogP contribution in [0.4, 0.5) is 0 Å². The highest BCUT2D eigenvalue weighted by molar-refractivity contribution is 7.48. The number of phosphoric ester groups is 1. The largest absolute Gasteiger partial charge is 0.529 e. The summed E-state index contributed by atoms with van der Waals surface area (Å²) < 4.78 is 31.9. The van der Waals surface area contributed by atoms with E-state index in [1.165, 1.54) is 14.2 Å². The zero-order valence-corrected chi connectivity index (χ0v) is 11.3. The highest BCUT2D eigenvalue weighted by Gasteiger charge is 2.26. The predicted octanol–water partition coefficient (Wildman–Crippen LogP) is 3.04. The van der Waals surface area contributed by atoms with Crippen molar-refractivity contribution in [3.8, 4) is 11.5 Å². The van der Waals surface area contributed by atoms with E-state index in [9.17, 15) is 4.57 Å². The first-order chi connectivity index (χ1) is 8.10. The molecule has 0 unspecified atom stereocenters. The van der Waals surface area contributed by atoms with Gasteiger partial charge in [0.15, 0.2) is 0 Å². The minimum absolute atomic E-state index is 0.443. The highest BCUT2D eigenvalue weighted by atomic mass is 31.2. The molecule has 0 fully saturated rings. The summed E-state index contributed by atoms with van der Waals surface area (Å²) in [6, 6.07) is 5.27. The number of ether oxygens (including phenoxy) is 1. The Morgan fingerprint density at radius 1 is 1.12 bits per heavy atom. The summed E-state index contributed by atoms with van der Waals surface area (Å²) in [6.45, 7) is 1.95. The molecule has 17 heavy (non-hydrogen) atoms. The fourth-order valence-electron chi connectivity index (χ4n) is 1.44. The summed E-state index contributed by atoms with van der Waals surface area (Å²) in [5.74, 6) is 1.13. The van der Waals surface area contributed by atoms with Crippen LogP contribution in [0.1, 0.15) is 12.5 Å². The van der Waals surface area contributed by atoms with Gasteiger partial charge < -0.3 is 9.26 Å². The van der Waals surface area contributed by atoms with Gasteiger partial charge in [0.2, 0.25) is 0 Å². The van der Waals surface area contributed by atoms with E-state index in [-0.39, 0.29) is 0 Å². The Labute approximate surface area is 101 Å². The molecule has 0 radical (unpaired) electrons. The molecule has 0 aliphatic rings. The molecule has 0 atom stereocenters. The Morgan fingerprint density at radius 3 is 2.18 bits per heavy atom. The Hall–Kier alpha value is -1.03. The highest BCUT2D eigenvalue weighted by Crippen LogP contribution is 2.49. The van der Waals surface area contributed by atoms with E-state index in [2.05, 4.69) is 0 Å². The lowest BCUT2D eigenvalue weighted by atomic mass is 10.1. The maximum Gasteiger partial charge on any atom is 0.529 e. The van der Waals surface area contributed by atoms with Gasteiger partial charge in [-0.1, -0.05) is 13.0 Å². The van der Waals surface area contributed by atoms with Crippen LogP contribution in [-0.4, -0.2) is 21.3 Å². The molecule has 5 nitrogen and oxygen atoms in total. The van der Waals surface area contributed by atoms with Crippen LogP contribution in [0.25, 0.3) is 0 Å². The molecule has 0 amide bonds. The maximum absolute atomic E-state index is 11.9. The minimum Gasteiger partial charge on any atom is -0.496 e. The van der Waals surface area contributed by atoms with Gasteiger partial charge >= 0.3 is 7.82 Å². The van der Waals surface area contributed by atoms with Crippen LogP contribution in [-0.2, 0) is 20.0 Å². The average molecular weight is 260 g/mol. The molecule has 0 N–H and O–H groups in total. The molecule has 0 aliphatic carbocycles. The van der Waals surface area contributed by atoms with Crippen molar-refractivity contribution in [2.75, 3.05) is 21.3 Å². The lowest BCUT2D eigenvalue weighted by molar-refractivity contribution is 0.210. The first-order valence-corrected chi connectivity index (χ1v) is 6.63. The van der Waals surface area contributed by atoms with Crippen molar-refractivity contribution in [1.82, 2.24) is 0 Å². The summed E-state index contributed by atoms with van der Waals surface area (Å²) in [5, 5.41) is 0. The summed E-state index contributed by atoms with van der Waals surface area (Å²) >= 11 is 0. The normalized spacial score (nSPS) is 11.3. The molecule has 0 saturated heterocycles. The third kappa shape index (κ3) is 3.22. The zero-order chi connectivity index (χ0) is 12.9. The average Bonchev–Trinajstić information content (AvgIpc) is 2.38. The van der Waals surface area contributed by atoms with Crippen LogP contribution in [0.5, 0.6) is 11.5 Å². The standard InChI is InChI=1S/C11H17O5P/c1-5-9-10(13-2)7-6-8-11(9)16-17(12,14-3)15-4/h6-8H,5H2,1-4H3. The Balaban J connectivity index is 3.10. The minimum atomic E-state index is -3.53. The first kappa shape index (κ1) is 14.0. The van der Waals surface area contributed by atoms with Gasteiger partial charge in [0.05, 0.1) is 7.11 Å². The van der Waals surface area contributed by atoms with Crippen molar-refractivity contribution in [3.05, 3.63) is 23.8 Å². The summed E-state index contributed by atoms with van der Waals surface area (Å²) in [7, 11) is 0.593. The Kier molecular flexibility index (Phi) is 5.00. The van der Waals surface area contributed by atoms with Crippen molar-refractivity contribution < 1.29 is 22.9 Å². The van der Waals surface area contributed by atoms with Crippen molar-refractivity contribution in [2.45, 2.75) is 13.3 Å². The molecule has 1 rings (SSSR count). The Morgan fingerprint density at radius 2 is 1.71 bits per heavy atom. The van der Waals surface area contributed by atoms with E-state index in [1.54, 1.807) is 19.2 Å². The molecule has 0 heterocycles. The van der Waals surface area contributed by atoms with Crippen LogP contribution in [0.15, 0.2) is 18.2 Å². The van der Waals surface area contributed by atoms with E-state index in [0.29, 0.717) is 17.9 Å². The van der Waals surface area contributed by atoms with E-state index < -0.39 is 7.82 Å². The third-order valence-corrected chi connectivity index (χ3v) is 3.64. The third-order valence-electron chi connectivity index (χ3n) is 2.32. The number of hydrogen-bond donors (Lipinski definition) is 0. The molecule has 1 aromatic rings. The molecule has 0 spiro atoms. The Bertz CT molecular complexity index is 410. The van der Waals surface area contributed by atoms with Crippen LogP contribution in [0, 0.1) is 0 Å². The van der Waals surface area contributed by atoms with Crippen LogP contribution >= 0.6 is 7.82 Å². The lowest BCUT2D eigenvalue weighted by Crippen LogP contribution is -2.01. The monoisotopic (exact) mass is 260 g/mol. The van der Waals surface area contributed by atoms with Crippen LogP contribution in [0.2, 0.25) is 0 Å².